The second kappa shape index (κ2) is 11.1. The normalized spacial score (nSPS) is 26.7. The van der Waals surface area contributed by atoms with Crippen LogP contribution in [-0.2, 0) is 14.3 Å². The van der Waals surface area contributed by atoms with E-state index in [0.717, 1.165) is 51.6 Å². The highest BCUT2D eigenvalue weighted by atomic mass is 35.5. The summed E-state index contributed by atoms with van der Waals surface area (Å²) in [4.78, 5) is 27.8. The maximum absolute atomic E-state index is 13.2. The van der Waals surface area contributed by atoms with Crippen LogP contribution in [0.2, 0.25) is 0 Å². The van der Waals surface area contributed by atoms with Gasteiger partial charge in [-0.1, -0.05) is 26.7 Å². The van der Waals surface area contributed by atoms with Crippen molar-refractivity contribution in [2.75, 3.05) is 39.9 Å². The second-order valence-corrected chi connectivity index (χ2v) is 7.70. The maximum atomic E-state index is 13.2. The molecule has 6 nitrogen and oxygen atoms in total. The Hall–Kier alpha value is -0.850. The number of carbonyl (C=O) groups is 2. The van der Waals surface area contributed by atoms with Gasteiger partial charge in [-0.05, 0) is 44.7 Å². The summed E-state index contributed by atoms with van der Waals surface area (Å²) in [6.07, 6.45) is 5.38. The first-order chi connectivity index (χ1) is 12.0. The molecule has 2 fully saturated rings. The molecule has 2 aliphatic heterocycles. The predicted molar refractivity (Wildman–Crippen MR) is 105 cm³/mol. The molecule has 0 saturated carbocycles. The standard InChI is InChI=1S/C19H35N3O3.ClH/c1-4-15(2)16-17(23)22(3)12-14-25-13-6-5-7-19(18(24)21-16)8-10-20-11-9-19;/h15-16,20H,4-14H2,1-3H3,(H,21,24);1H/t15-,16?;/m0./s1. The Kier molecular flexibility index (Phi) is 9.90. The molecule has 0 aliphatic carbocycles. The minimum Gasteiger partial charge on any atom is -0.380 e. The predicted octanol–water partition coefficient (Wildman–Crippen LogP) is 1.97. The Labute approximate surface area is 164 Å². The molecule has 1 spiro atoms. The van der Waals surface area contributed by atoms with Crippen molar-refractivity contribution in [2.24, 2.45) is 11.3 Å². The van der Waals surface area contributed by atoms with Gasteiger partial charge in [0.2, 0.25) is 11.8 Å². The van der Waals surface area contributed by atoms with Crippen molar-refractivity contribution in [3.8, 4) is 0 Å². The lowest BCUT2D eigenvalue weighted by molar-refractivity contribution is -0.141. The van der Waals surface area contributed by atoms with E-state index < -0.39 is 6.04 Å². The molecule has 0 bridgehead atoms. The number of nitrogens with zero attached hydrogens (tertiary/aromatic N) is 1. The largest absolute Gasteiger partial charge is 0.380 e. The van der Waals surface area contributed by atoms with Crippen molar-refractivity contribution in [2.45, 2.75) is 58.4 Å². The number of amides is 2. The summed E-state index contributed by atoms with van der Waals surface area (Å²) in [5.41, 5.74) is -0.343. The molecule has 0 aromatic carbocycles. The van der Waals surface area contributed by atoms with Crippen LogP contribution >= 0.6 is 12.4 Å². The molecule has 152 valence electrons. The highest BCUT2D eigenvalue weighted by Gasteiger charge is 2.41. The molecule has 2 N–H and O–H groups in total. The molecule has 2 aliphatic rings. The van der Waals surface area contributed by atoms with Crippen molar-refractivity contribution < 1.29 is 14.3 Å². The Morgan fingerprint density at radius 3 is 2.54 bits per heavy atom. The van der Waals surface area contributed by atoms with Crippen molar-refractivity contribution in [1.29, 1.82) is 0 Å². The number of ether oxygens (including phenoxy) is 1. The van der Waals surface area contributed by atoms with E-state index in [-0.39, 0.29) is 35.6 Å². The summed E-state index contributed by atoms with van der Waals surface area (Å²) in [6.45, 7) is 7.66. The second-order valence-electron chi connectivity index (χ2n) is 7.70. The number of halogens is 1. The van der Waals surface area contributed by atoms with Crippen LogP contribution in [0.15, 0.2) is 0 Å². The monoisotopic (exact) mass is 389 g/mol. The van der Waals surface area contributed by atoms with E-state index >= 15 is 0 Å². The molecule has 1 unspecified atom stereocenters. The van der Waals surface area contributed by atoms with E-state index in [4.69, 9.17) is 4.74 Å². The summed E-state index contributed by atoms with van der Waals surface area (Å²) in [6, 6.07) is -0.449. The Morgan fingerprint density at radius 1 is 1.19 bits per heavy atom. The van der Waals surface area contributed by atoms with Crippen LogP contribution in [-0.4, -0.2) is 62.7 Å². The molecular weight excluding hydrogens is 354 g/mol. The third-order valence-corrected chi connectivity index (χ3v) is 5.95. The van der Waals surface area contributed by atoms with E-state index in [1.165, 1.54) is 0 Å². The van der Waals surface area contributed by atoms with Gasteiger partial charge in [-0.2, -0.15) is 0 Å². The van der Waals surface area contributed by atoms with Crippen molar-refractivity contribution in [3.63, 3.8) is 0 Å². The summed E-state index contributed by atoms with van der Waals surface area (Å²) in [5.74, 6) is 0.180. The number of hydrogen-bond acceptors (Lipinski definition) is 4. The fraction of sp³-hybridized carbons (Fsp3) is 0.895. The van der Waals surface area contributed by atoms with Crippen molar-refractivity contribution >= 4 is 24.2 Å². The van der Waals surface area contributed by atoms with E-state index in [1.807, 2.05) is 6.92 Å². The molecule has 7 heteroatoms. The number of hydrogen-bond donors (Lipinski definition) is 2. The topological polar surface area (TPSA) is 70.7 Å². The molecule has 0 radical (unpaired) electrons. The van der Waals surface area contributed by atoms with Crippen LogP contribution in [0.1, 0.15) is 52.4 Å². The third-order valence-electron chi connectivity index (χ3n) is 5.95. The zero-order valence-corrected chi connectivity index (χ0v) is 17.3. The molecule has 2 rings (SSSR count). The first kappa shape index (κ1) is 23.2. The van der Waals surface area contributed by atoms with Crippen LogP contribution in [0.4, 0.5) is 0 Å². The summed E-state index contributed by atoms with van der Waals surface area (Å²) < 4.78 is 5.68. The van der Waals surface area contributed by atoms with Gasteiger partial charge in [0.15, 0.2) is 0 Å². The molecular formula is C19H36ClN3O3. The number of rotatable bonds is 2. The molecule has 0 aromatic heterocycles. The molecule has 2 amide bonds. The quantitative estimate of drug-likeness (QED) is 0.757. The average molecular weight is 390 g/mol. The van der Waals surface area contributed by atoms with Gasteiger partial charge in [-0.3, -0.25) is 9.59 Å². The number of nitrogens with one attached hydrogen (secondary N) is 2. The number of likely N-dealkylation sites (N-methyl/N-ethyl adjacent to an activating group) is 1. The highest BCUT2D eigenvalue weighted by molar-refractivity contribution is 5.90. The van der Waals surface area contributed by atoms with Gasteiger partial charge in [-0.25, -0.2) is 0 Å². The van der Waals surface area contributed by atoms with Crippen LogP contribution in [0.5, 0.6) is 0 Å². The zero-order chi connectivity index (χ0) is 18.3. The highest BCUT2D eigenvalue weighted by Crippen LogP contribution is 2.35. The lowest BCUT2D eigenvalue weighted by atomic mass is 9.73. The molecule has 26 heavy (non-hydrogen) atoms. The number of carbonyl (C=O) groups excluding carboxylic acids is 2. The van der Waals surface area contributed by atoms with Crippen LogP contribution in [0.3, 0.4) is 0 Å². The molecule has 2 saturated heterocycles. The minimum atomic E-state index is -0.449. The Bertz CT molecular complexity index is 455. The lowest BCUT2D eigenvalue weighted by Crippen LogP contribution is -2.56. The summed E-state index contributed by atoms with van der Waals surface area (Å²) in [7, 11) is 1.80. The van der Waals surface area contributed by atoms with E-state index in [9.17, 15) is 9.59 Å². The summed E-state index contributed by atoms with van der Waals surface area (Å²) >= 11 is 0. The third kappa shape index (κ3) is 5.83. The van der Waals surface area contributed by atoms with Crippen LogP contribution < -0.4 is 10.6 Å². The first-order valence-corrected chi connectivity index (χ1v) is 9.84. The van der Waals surface area contributed by atoms with E-state index in [0.29, 0.717) is 19.8 Å². The average Bonchev–Trinajstić information content (AvgIpc) is 2.64. The molecule has 0 aromatic rings. The van der Waals surface area contributed by atoms with Gasteiger partial charge in [0.25, 0.3) is 0 Å². The van der Waals surface area contributed by atoms with Crippen molar-refractivity contribution in [3.05, 3.63) is 0 Å². The molecule has 2 atom stereocenters. The van der Waals surface area contributed by atoms with E-state index in [2.05, 4.69) is 17.6 Å². The summed E-state index contributed by atoms with van der Waals surface area (Å²) in [5, 5.41) is 6.50. The van der Waals surface area contributed by atoms with Gasteiger partial charge < -0.3 is 20.3 Å². The smallest absolute Gasteiger partial charge is 0.245 e. The van der Waals surface area contributed by atoms with Gasteiger partial charge >= 0.3 is 0 Å². The Balaban J connectivity index is 0.00000338. The minimum absolute atomic E-state index is 0. The maximum Gasteiger partial charge on any atom is 0.245 e. The SMILES string of the molecule is CC[C@H](C)C1NC(=O)C2(CCCCOCCN(C)C1=O)CCNCC2.Cl. The Morgan fingerprint density at radius 2 is 1.88 bits per heavy atom. The van der Waals surface area contributed by atoms with Crippen LogP contribution in [0, 0.1) is 11.3 Å². The lowest BCUT2D eigenvalue weighted by Gasteiger charge is -2.38. The zero-order valence-electron chi connectivity index (χ0n) is 16.5. The van der Waals surface area contributed by atoms with Crippen LogP contribution in [0.25, 0.3) is 0 Å². The fourth-order valence-electron chi connectivity index (χ4n) is 3.79. The van der Waals surface area contributed by atoms with Gasteiger partial charge in [0.1, 0.15) is 6.04 Å². The number of piperidine rings is 1. The van der Waals surface area contributed by atoms with Gasteiger partial charge in [0.05, 0.1) is 12.0 Å². The van der Waals surface area contributed by atoms with Gasteiger partial charge in [-0.15, -0.1) is 12.4 Å². The molecule has 2 heterocycles. The first-order valence-electron chi connectivity index (χ1n) is 9.84. The van der Waals surface area contributed by atoms with E-state index in [1.54, 1.807) is 11.9 Å². The fourth-order valence-corrected chi connectivity index (χ4v) is 3.79. The van der Waals surface area contributed by atoms with Crippen molar-refractivity contribution in [1.82, 2.24) is 15.5 Å². The van der Waals surface area contributed by atoms with Gasteiger partial charge in [0, 0.05) is 20.2 Å².